The zero-order valence-electron chi connectivity index (χ0n) is 6.96. The van der Waals surface area contributed by atoms with E-state index >= 15 is 0 Å². The maximum atomic E-state index is 9.71. The summed E-state index contributed by atoms with van der Waals surface area (Å²) in [4.78, 5) is 2.72. The molecule has 0 fully saturated rings. The van der Waals surface area contributed by atoms with Gasteiger partial charge in [-0.25, -0.2) is 0 Å². The predicted octanol–water partition coefficient (Wildman–Crippen LogP) is 1.96. The van der Waals surface area contributed by atoms with E-state index in [2.05, 4.69) is 10.0 Å². The lowest BCUT2D eigenvalue weighted by Crippen LogP contribution is -2.09. The van der Waals surface area contributed by atoms with Gasteiger partial charge in [0.2, 0.25) is 0 Å². The van der Waals surface area contributed by atoms with E-state index in [1.165, 1.54) is 0 Å². The maximum Gasteiger partial charge on any atom is 0.0880 e. The molecule has 0 aromatic heterocycles. The van der Waals surface area contributed by atoms with Gasteiger partial charge >= 0.3 is 0 Å². The van der Waals surface area contributed by atoms with Gasteiger partial charge in [-0.05, 0) is 23.1 Å². The molecule has 1 aromatic carbocycles. The fourth-order valence-corrected chi connectivity index (χ4v) is 1.72. The molecule has 1 aliphatic rings. The van der Waals surface area contributed by atoms with Crippen molar-refractivity contribution < 1.29 is 5.11 Å². The lowest BCUT2D eigenvalue weighted by molar-refractivity contribution is 0.159. The average Bonchev–Trinajstić information content (AvgIpc) is 2.46. The van der Waals surface area contributed by atoms with Crippen LogP contribution >= 0.6 is 0 Å². The maximum absolute atomic E-state index is 9.71. The Labute approximate surface area is 75.4 Å². The third-order valence-electron chi connectivity index (χ3n) is 2.37. The average molecular weight is 175 g/mol. The first-order valence-corrected chi connectivity index (χ1v) is 4.13. The van der Waals surface area contributed by atoms with Crippen LogP contribution in [0.1, 0.15) is 17.2 Å². The van der Waals surface area contributed by atoms with Gasteiger partial charge in [0, 0.05) is 4.91 Å². The van der Waals surface area contributed by atoms with Crippen LogP contribution in [0.2, 0.25) is 0 Å². The number of aliphatic hydroxyl groups excluding tert-OH is 1. The third kappa shape index (κ3) is 1.26. The Morgan fingerprint density at radius 3 is 2.92 bits per heavy atom. The molecule has 4 nitrogen and oxygen atoms in total. The largest absolute Gasteiger partial charge is 0.388 e. The lowest BCUT2D eigenvalue weighted by atomic mass is 10.1. The van der Waals surface area contributed by atoms with Crippen molar-refractivity contribution in [3.05, 3.63) is 45.8 Å². The molecule has 0 heterocycles. The molecular formula is C9H9N3O. The normalized spacial score (nSPS) is 25.0. The summed E-state index contributed by atoms with van der Waals surface area (Å²) in [6.07, 6.45) is 0.00796. The van der Waals surface area contributed by atoms with Gasteiger partial charge < -0.3 is 5.11 Å². The molecule has 1 aromatic rings. The molecule has 0 bridgehead atoms. The van der Waals surface area contributed by atoms with Gasteiger partial charge in [0.1, 0.15) is 0 Å². The highest BCUT2D eigenvalue weighted by Gasteiger charge is 2.29. The molecule has 0 unspecified atom stereocenters. The van der Waals surface area contributed by atoms with Crippen molar-refractivity contribution in [2.45, 2.75) is 18.6 Å². The number of azide groups is 1. The van der Waals surface area contributed by atoms with Crippen molar-refractivity contribution in [1.29, 1.82) is 0 Å². The molecule has 13 heavy (non-hydrogen) atoms. The fraction of sp³-hybridized carbons (Fsp3) is 0.333. The number of nitrogens with zero attached hydrogens (tertiary/aromatic N) is 3. The topological polar surface area (TPSA) is 69.0 Å². The van der Waals surface area contributed by atoms with E-state index in [1.54, 1.807) is 0 Å². The van der Waals surface area contributed by atoms with Gasteiger partial charge in [-0.15, -0.1) is 0 Å². The molecular weight excluding hydrogens is 166 g/mol. The van der Waals surface area contributed by atoms with Crippen LogP contribution in [-0.2, 0) is 6.42 Å². The van der Waals surface area contributed by atoms with Gasteiger partial charge in [0.05, 0.1) is 12.1 Å². The SMILES string of the molecule is [N-]=[N+]=N[C@H]1Cc2ccccc2[C@@H]1O. The minimum absolute atomic E-state index is 0.331. The van der Waals surface area contributed by atoms with Crippen molar-refractivity contribution in [2.75, 3.05) is 0 Å². The number of fused-ring (bicyclic) bond motifs is 1. The Kier molecular flexibility index (Phi) is 1.93. The van der Waals surface area contributed by atoms with Crippen molar-refractivity contribution >= 4 is 0 Å². The summed E-state index contributed by atoms with van der Waals surface area (Å²) in [6.45, 7) is 0. The molecule has 4 heteroatoms. The van der Waals surface area contributed by atoms with Crippen LogP contribution in [0.3, 0.4) is 0 Å². The first kappa shape index (κ1) is 8.10. The Hall–Kier alpha value is -1.51. The summed E-state index contributed by atoms with van der Waals surface area (Å²) in [5.74, 6) is 0. The summed E-state index contributed by atoms with van der Waals surface area (Å²) in [5.41, 5.74) is 10.2. The Morgan fingerprint density at radius 1 is 1.46 bits per heavy atom. The van der Waals surface area contributed by atoms with E-state index in [0.29, 0.717) is 6.42 Å². The van der Waals surface area contributed by atoms with Crippen molar-refractivity contribution in [1.82, 2.24) is 0 Å². The molecule has 1 aliphatic carbocycles. The van der Waals surface area contributed by atoms with Crippen LogP contribution < -0.4 is 0 Å². The summed E-state index contributed by atoms with van der Waals surface area (Å²) in [7, 11) is 0. The quantitative estimate of drug-likeness (QED) is 0.395. The zero-order valence-corrected chi connectivity index (χ0v) is 6.96. The molecule has 66 valence electrons. The highest BCUT2D eigenvalue weighted by Crippen LogP contribution is 2.32. The second-order valence-electron chi connectivity index (χ2n) is 3.12. The van der Waals surface area contributed by atoms with Crippen LogP contribution in [0, 0.1) is 0 Å². The Bertz CT molecular complexity index is 371. The molecule has 0 radical (unpaired) electrons. The molecule has 1 N–H and O–H groups in total. The van der Waals surface area contributed by atoms with Crippen molar-refractivity contribution in [3.8, 4) is 0 Å². The molecule has 0 aliphatic heterocycles. The monoisotopic (exact) mass is 175 g/mol. The first-order valence-electron chi connectivity index (χ1n) is 4.13. The number of hydrogen-bond acceptors (Lipinski definition) is 2. The summed E-state index contributed by atoms with van der Waals surface area (Å²) >= 11 is 0. The second-order valence-corrected chi connectivity index (χ2v) is 3.12. The molecule has 0 saturated carbocycles. The smallest absolute Gasteiger partial charge is 0.0880 e. The van der Waals surface area contributed by atoms with Gasteiger partial charge in [0.15, 0.2) is 0 Å². The van der Waals surface area contributed by atoms with Crippen LogP contribution in [0.4, 0.5) is 0 Å². The fourth-order valence-electron chi connectivity index (χ4n) is 1.72. The standard InChI is InChI=1S/C9H9N3O/c10-12-11-8-5-6-3-1-2-4-7(6)9(8)13/h1-4,8-9,13H,5H2/t8-,9-/m0/s1. The van der Waals surface area contributed by atoms with Gasteiger partial charge in [-0.1, -0.05) is 29.4 Å². The lowest BCUT2D eigenvalue weighted by Gasteiger charge is -2.07. The molecule has 0 amide bonds. The van der Waals surface area contributed by atoms with Gasteiger partial charge in [-0.3, -0.25) is 0 Å². The Morgan fingerprint density at radius 2 is 2.23 bits per heavy atom. The second kappa shape index (κ2) is 3.09. The van der Waals surface area contributed by atoms with E-state index in [0.717, 1.165) is 11.1 Å². The van der Waals surface area contributed by atoms with E-state index in [-0.39, 0.29) is 6.04 Å². The first-order chi connectivity index (χ1) is 6.33. The van der Waals surface area contributed by atoms with Gasteiger partial charge in [-0.2, -0.15) is 0 Å². The molecule has 0 spiro atoms. The van der Waals surface area contributed by atoms with Crippen LogP contribution in [0.25, 0.3) is 10.4 Å². The summed E-state index contributed by atoms with van der Waals surface area (Å²) in [6, 6.07) is 7.28. The van der Waals surface area contributed by atoms with Crippen molar-refractivity contribution in [2.24, 2.45) is 5.11 Å². The highest BCUT2D eigenvalue weighted by atomic mass is 16.3. The highest BCUT2D eigenvalue weighted by molar-refractivity contribution is 5.35. The minimum atomic E-state index is -0.632. The van der Waals surface area contributed by atoms with E-state index in [4.69, 9.17) is 5.53 Å². The van der Waals surface area contributed by atoms with Crippen LogP contribution in [-0.4, -0.2) is 11.1 Å². The Balaban J connectivity index is 2.37. The van der Waals surface area contributed by atoms with Gasteiger partial charge in [0.25, 0.3) is 0 Å². The van der Waals surface area contributed by atoms with Crippen molar-refractivity contribution in [3.63, 3.8) is 0 Å². The van der Waals surface area contributed by atoms with E-state index in [1.807, 2.05) is 24.3 Å². The number of benzene rings is 1. The third-order valence-corrected chi connectivity index (χ3v) is 2.37. The number of rotatable bonds is 1. The zero-order chi connectivity index (χ0) is 9.26. The molecule has 2 rings (SSSR count). The number of hydrogen-bond donors (Lipinski definition) is 1. The van der Waals surface area contributed by atoms with Crippen LogP contribution in [0.5, 0.6) is 0 Å². The number of aliphatic hydroxyl groups is 1. The summed E-state index contributed by atoms with van der Waals surface area (Å²) in [5, 5.41) is 13.3. The van der Waals surface area contributed by atoms with E-state index in [9.17, 15) is 5.11 Å². The van der Waals surface area contributed by atoms with E-state index < -0.39 is 6.10 Å². The molecule has 2 atom stereocenters. The minimum Gasteiger partial charge on any atom is -0.388 e. The molecule has 0 saturated heterocycles. The van der Waals surface area contributed by atoms with Crippen LogP contribution in [0.15, 0.2) is 29.4 Å². The summed E-state index contributed by atoms with van der Waals surface area (Å²) < 4.78 is 0. The predicted molar refractivity (Wildman–Crippen MR) is 48.0 cm³/mol.